The molecule has 0 saturated heterocycles. The van der Waals surface area contributed by atoms with Crippen molar-refractivity contribution in [3.05, 3.63) is 82.8 Å². The molecule has 32 heavy (non-hydrogen) atoms. The Morgan fingerprint density at radius 3 is 2.62 bits per heavy atom. The molecule has 0 bridgehead atoms. The molecular weight excluding hydrogens is 428 g/mol. The van der Waals surface area contributed by atoms with Crippen LogP contribution >= 0.6 is 11.6 Å². The van der Waals surface area contributed by atoms with E-state index in [4.69, 9.17) is 16.0 Å². The third-order valence-electron chi connectivity index (χ3n) is 5.14. The number of benzene rings is 2. The number of carbonyl (C=O) groups excluding carboxylic acids is 2. The number of nitrogens with zero attached hydrogens (tertiary/aromatic N) is 2. The smallest absolute Gasteiger partial charge is 0.262 e. The third kappa shape index (κ3) is 4.84. The number of rotatable bonds is 6. The average Bonchev–Trinajstić information content (AvgIpc) is 3.44. The zero-order valence-corrected chi connectivity index (χ0v) is 18.5. The van der Waals surface area contributed by atoms with Crippen LogP contribution in [0.15, 0.2) is 70.4 Å². The van der Waals surface area contributed by atoms with Gasteiger partial charge < -0.3 is 15.1 Å². The Kier molecular flexibility index (Phi) is 6.28. The molecule has 2 N–H and O–H groups in total. The minimum absolute atomic E-state index is 0.0329. The van der Waals surface area contributed by atoms with Crippen LogP contribution < -0.4 is 10.6 Å². The van der Waals surface area contributed by atoms with Crippen molar-refractivity contribution in [2.24, 2.45) is 5.10 Å². The normalized spacial score (nSPS) is 15.4. The second kappa shape index (κ2) is 9.28. The van der Waals surface area contributed by atoms with Gasteiger partial charge in [0.25, 0.3) is 5.91 Å². The van der Waals surface area contributed by atoms with Gasteiger partial charge in [-0.2, -0.15) is 5.10 Å². The quantitative estimate of drug-likeness (QED) is 0.553. The van der Waals surface area contributed by atoms with Crippen molar-refractivity contribution in [1.82, 2.24) is 5.01 Å². The number of hydrogen-bond donors (Lipinski definition) is 2. The van der Waals surface area contributed by atoms with Gasteiger partial charge in [0.05, 0.1) is 29.9 Å². The van der Waals surface area contributed by atoms with Crippen LogP contribution in [-0.4, -0.2) is 29.1 Å². The van der Waals surface area contributed by atoms with Crippen molar-refractivity contribution in [2.45, 2.75) is 26.3 Å². The van der Waals surface area contributed by atoms with Crippen molar-refractivity contribution in [1.29, 1.82) is 0 Å². The highest BCUT2D eigenvalue weighted by molar-refractivity contribution is 6.31. The highest BCUT2D eigenvalue weighted by atomic mass is 35.5. The number of aryl methyl sites for hydroxylation is 1. The largest absolute Gasteiger partial charge is 0.467 e. The molecule has 1 unspecified atom stereocenters. The summed E-state index contributed by atoms with van der Waals surface area (Å²) in [4.78, 5) is 24.7. The van der Waals surface area contributed by atoms with Gasteiger partial charge in [-0.25, -0.2) is 5.01 Å². The van der Waals surface area contributed by atoms with Crippen LogP contribution in [0.4, 0.5) is 11.4 Å². The fourth-order valence-electron chi connectivity index (χ4n) is 3.58. The minimum Gasteiger partial charge on any atom is -0.467 e. The summed E-state index contributed by atoms with van der Waals surface area (Å²) in [5.41, 5.74) is 4.04. The molecule has 0 radical (unpaired) electrons. The van der Waals surface area contributed by atoms with E-state index in [0.717, 1.165) is 16.8 Å². The van der Waals surface area contributed by atoms with E-state index in [0.29, 0.717) is 28.6 Å². The Bertz CT molecular complexity index is 1160. The van der Waals surface area contributed by atoms with Crippen LogP contribution in [-0.2, 0) is 9.59 Å². The molecule has 0 spiro atoms. The van der Waals surface area contributed by atoms with E-state index in [-0.39, 0.29) is 24.4 Å². The minimum atomic E-state index is -0.329. The first kappa shape index (κ1) is 21.6. The van der Waals surface area contributed by atoms with E-state index >= 15 is 0 Å². The van der Waals surface area contributed by atoms with Gasteiger partial charge >= 0.3 is 0 Å². The second-order valence-corrected chi connectivity index (χ2v) is 8.05. The van der Waals surface area contributed by atoms with E-state index in [9.17, 15) is 9.59 Å². The van der Waals surface area contributed by atoms with Crippen LogP contribution in [0.1, 0.15) is 36.3 Å². The predicted molar refractivity (Wildman–Crippen MR) is 125 cm³/mol. The number of hydrazone groups is 1. The van der Waals surface area contributed by atoms with Crippen molar-refractivity contribution >= 4 is 40.5 Å². The first-order valence-corrected chi connectivity index (χ1v) is 10.6. The Hall–Kier alpha value is -3.58. The summed E-state index contributed by atoms with van der Waals surface area (Å²) < 4.78 is 5.59. The van der Waals surface area contributed by atoms with Gasteiger partial charge in [0, 0.05) is 18.4 Å². The van der Waals surface area contributed by atoms with Crippen LogP contribution in [0.25, 0.3) is 0 Å². The second-order valence-electron chi connectivity index (χ2n) is 7.61. The Labute approximate surface area is 191 Å². The molecule has 2 amide bonds. The molecule has 1 atom stereocenters. The van der Waals surface area contributed by atoms with E-state index < -0.39 is 0 Å². The summed E-state index contributed by atoms with van der Waals surface area (Å²) in [5, 5.41) is 12.4. The van der Waals surface area contributed by atoms with Gasteiger partial charge in [0.2, 0.25) is 5.91 Å². The highest BCUT2D eigenvalue weighted by Crippen LogP contribution is 2.33. The molecule has 0 saturated carbocycles. The van der Waals surface area contributed by atoms with Crippen LogP contribution in [0.2, 0.25) is 5.02 Å². The summed E-state index contributed by atoms with van der Waals surface area (Å²) in [6.45, 7) is 3.41. The summed E-state index contributed by atoms with van der Waals surface area (Å²) in [6, 6.07) is 16.4. The van der Waals surface area contributed by atoms with Gasteiger partial charge in [0.1, 0.15) is 11.8 Å². The standard InChI is InChI=1S/C24H23ClN4O3/c1-15-5-7-17(8-6-15)20-13-22(23-4-3-11-32-23)29(28-20)24(31)14-26-21-12-18(25)9-10-19(21)27-16(2)30/h3-12,22,26H,13-14H2,1-2H3,(H,27,30). The number of halogens is 1. The summed E-state index contributed by atoms with van der Waals surface area (Å²) in [7, 11) is 0. The zero-order valence-electron chi connectivity index (χ0n) is 17.8. The van der Waals surface area contributed by atoms with Gasteiger partial charge in [-0.1, -0.05) is 41.4 Å². The van der Waals surface area contributed by atoms with Crippen LogP contribution in [0, 0.1) is 6.92 Å². The molecule has 0 aliphatic carbocycles. The predicted octanol–water partition coefficient (Wildman–Crippen LogP) is 4.99. The van der Waals surface area contributed by atoms with Crippen molar-refractivity contribution in [3.63, 3.8) is 0 Å². The van der Waals surface area contributed by atoms with E-state index in [1.807, 2.05) is 37.3 Å². The SMILES string of the molecule is CC(=O)Nc1ccc(Cl)cc1NCC(=O)N1N=C(c2ccc(C)cc2)CC1c1ccco1. The van der Waals surface area contributed by atoms with E-state index in [1.165, 1.54) is 11.9 Å². The van der Waals surface area contributed by atoms with Gasteiger partial charge in [-0.15, -0.1) is 0 Å². The molecule has 3 aromatic rings. The van der Waals surface area contributed by atoms with E-state index in [1.54, 1.807) is 30.5 Å². The number of carbonyl (C=O) groups is 2. The lowest BCUT2D eigenvalue weighted by atomic mass is 10.0. The van der Waals surface area contributed by atoms with E-state index in [2.05, 4.69) is 15.7 Å². The molecule has 1 aromatic heterocycles. The topological polar surface area (TPSA) is 86.9 Å². The van der Waals surface area contributed by atoms with Gasteiger partial charge in [-0.05, 0) is 42.8 Å². The summed E-state index contributed by atoms with van der Waals surface area (Å²) in [6.07, 6.45) is 2.14. The molecule has 7 nitrogen and oxygen atoms in total. The molecular formula is C24H23ClN4O3. The molecule has 1 aliphatic heterocycles. The fraction of sp³-hybridized carbons (Fsp3) is 0.208. The molecule has 8 heteroatoms. The number of amides is 2. The summed E-state index contributed by atoms with van der Waals surface area (Å²) >= 11 is 6.10. The fourth-order valence-corrected chi connectivity index (χ4v) is 3.75. The average molecular weight is 451 g/mol. The lowest BCUT2D eigenvalue weighted by Crippen LogP contribution is -2.32. The molecule has 164 valence electrons. The Morgan fingerprint density at radius 1 is 1.16 bits per heavy atom. The van der Waals surface area contributed by atoms with Crippen molar-refractivity contribution < 1.29 is 14.0 Å². The van der Waals surface area contributed by atoms with Crippen LogP contribution in [0.3, 0.4) is 0 Å². The maximum absolute atomic E-state index is 13.2. The van der Waals surface area contributed by atoms with Crippen molar-refractivity contribution in [3.8, 4) is 0 Å². The lowest BCUT2D eigenvalue weighted by Gasteiger charge is -2.21. The number of furan rings is 1. The van der Waals surface area contributed by atoms with Crippen LogP contribution in [0.5, 0.6) is 0 Å². The zero-order chi connectivity index (χ0) is 22.7. The Balaban J connectivity index is 1.56. The number of nitrogens with one attached hydrogen (secondary N) is 2. The monoisotopic (exact) mass is 450 g/mol. The van der Waals surface area contributed by atoms with Gasteiger partial charge in [0.15, 0.2) is 0 Å². The number of anilines is 2. The highest BCUT2D eigenvalue weighted by Gasteiger charge is 2.34. The lowest BCUT2D eigenvalue weighted by molar-refractivity contribution is -0.131. The molecule has 0 fully saturated rings. The molecule has 4 rings (SSSR count). The first-order valence-electron chi connectivity index (χ1n) is 10.2. The number of hydrogen-bond acceptors (Lipinski definition) is 5. The molecule has 2 heterocycles. The Morgan fingerprint density at radius 2 is 1.94 bits per heavy atom. The van der Waals surface area contributed by atoms with Gasteiger partial charge in [-0.3, -0.25) is 9.59 Å². The van der Waals surface area contributed by atoms with Crippen molar-refractivity contribution in [2.75, 3.05) is 17.2 Å². The first-order chi connectivity index (χ1) is 15.4. The molecule has 1 aliphatic rings. The maximum Gasteiger partial charge on any atom is 0.262 e. The summed E-state index contributed by atoms with van der Waals surface area (Å²) in [5.74, 6) is 0.222. The third-order valence-corrected chi connectivity index (χ3v) is 5.38. The molecule has 2 aromatic carbocycles. The maximum atomic E-state index is 13.2.